The second kappa shape index (κ2) is 12.2. The average molecular weight is 441 g/mol. The molecule has 32 heavy (non-hydrogen) atoms. The van der Waals surface area contributed by atoms with E-state index in [9.17, 15) is 9.18 Å². The molecule has 0 radical (unpaired) electrons. The molecule has 0 saturated carbocycles. The van der Waals surface area contributed by atoms with Crippen LogP contribution in [0.5, 0.6) is 0 Å². The lowest BCUT2D eigenvalue weighted by atomic mass is 10.1. The van der Waals surface area contributed by atoms with Gasteiger partial charge in [0.25, 0.3) is 5.91 Å². The highest BCUT2D eigenvalue weighted by Crippen LogP contribution is 2.12. The Balaban J connectivity index is 1.53. The van der Waals surface area contributed by atoms with Crippen molar-refractivity contribution in [3.05, 3.63) is 70.5 Å². The number of benzene rings is 2. The quantitative estimate of drug-likeness (QED) is 0.413. The Hall–Kier alpha value is -2.93. The number of halogens is 1. The van der Waals surface area contributed by atoms with Crippen LogP contribution in [0.3, 0.4) is 0 Å². The zero-order chi connectivity index (χ0) is 22.8. The van der Waals surface area contributed by atoms with Gasteiger partial charge in [0.2, 0.25) is 0 Å². The van der Waals surface area contributed by atoms with Crippen LogP contribution in [-0.4, -0.2) is 44.2 Å². The number of carbonyl (C=O) groups excluding carboxylic acids is 1. The van der Waals surface area contributed by atoms with Gasteiger partial charge in [0.05, 0.1) is 12.6 Å². The average Bonchev–Trinajstić information content (AvgIpc) is 3.31. The number of hydrogen-bond acceptors (Lipinski definition) is 3. The SMILES string of the molecule is CCNC(=NCc1cccc(C(=O)NCC2CCCO2)c1)NCCc1ccc(F)cc1C. The van der Waals surface area contributed by atoms with Gasteiger partial charge in [-0.1, -0.05) is 18.2 Å². The van der Waals surface area contributed by atoms with Gasteiger partial charge in [-0.25, -0.2) is 9.38 Å². The van der Waals surface area contributed by atoms with Crippen LogP contribution in [0.2, 0.25) is 0 Å². The van der Waals surface area contributed by atoms with Crippen molar-refractivity contribution in [1.82, 2.24) is 16.0 Å². The van der Waals surface area contributed by atoms with Crippen molar-refractivity contribution in [3.8, 4) is 0 Å². The van der Waals surface area contributed by atoms with Crippen LogP contribution < -0.4 is 16.0 Å². The van der Waals surface area contributed by atoms with Crippen LogP contribution in [-0.2, 0) is 17.7 Å². The molecule has 0 bridgehead atoms. The summed E-state index contributed by atoms with van der Waals surface area (Å²) in [4.78, 5) is 17.1. The molecular formula is C25H33FN4O2. The molecule has 6 nitrogen and oxygen atoms in total. The number of nitrogens with one attached hydrogen (secondary N) is 3. The number of amides is 1. The number of aryl methyl sites for hydroxylation is 1. The number of guanidine groups is 1. The van der Waals surface area contributed by atoms with Gasteiger partial charge in [-0.15, -0.1) is 0 Å². The second-order valence-corrected chi connectivity index (χ2v) is 7.99. The van der Waals surface area contributed by atoms with Gasteiger partial charge in [-0.2, -0.15) is 0 Å². The first-order chi connectivity index (χ1) is 15.5. The van der Waals surface area contributed by atoms with Crippen molar-refractivity contribution >= 4 is 11.9 Å². The van der Waals surface area contributed by atoms with Crippen LogP contribution in [0.4, 0.5) is 4.39 Å². The van der Waals surface area contributed by atoms with E-state index >= 15 is 0 Å². The molecule has 1 saturated heterocycles. The van der Waals surface area contributed by atoms with E-state index in [1.807, 2.05) is 44.2 Å². The monoisotopic (exact) mass is 440 g/mol. The predicted molar refractivity (Wildman–Crippen MR) is 125 cm³/mol. The summed E-state index contributed by atoms with van der Waals surface area (Å²) >= 11 is 0. The van der Waals surface area contributed by atoms with E-state index in [-0.39, 0.29) is 17.8 Å². The summed E-state index contributed by atoms with van der Waals surface area (Å²) in [5.41, 5.74) is 3.64. The molecular weight excluding hydrogens is 407 g/mol. The molecule has 0 aliphatic carbocycles. The minimum atomic E-state index is -0.211. The smallest absolute Gasteiger partial charge is 0.251 e. The lowest BCUT2D eigenvalue weighted by molar-refractivity contribution is 0.0857. The van der Waals surface area contributed by atoms with Crippen LogP contribution in [0.25, 0.3) is 0 Å². The number of aliphatic imine (C=N–C) groups is 1. The molecule has 1 unspecified atom stereocenters. The van der Waals surface area contributed by atoms with Crippen molar-refractivity contribution in [1.29, 1.82) is 0 Å². The lowest BCUT2D eigenvalue weighted by Gasteiger charge is -2.13. The van der Waals surface area contributed by atoms with Gasteiger partial charge in [0, 0.05) is 31.8 Å². The predicted octanol–water partition coefficient (Wildman–Crippen LogP) is 3.34. The van der Waals surface area contributed by atoms with Gasteiger partial charge in [-0.05, 0) is 74.1 Å². The summed E-state index contributed by atoms with van der Waals surface area (Å²) in [5, 5.41) is 9.52. The third kappa shape index (κ3) is 7.34. The van der Waals surface area contributed by atoms with Crippen molar-refractivity contribution in [2.45, 2.75) is 45.8 Å². The number of carbonyl (C=O) groups is 1. The molecule has 1 atom stereocenters. The summed E-state index contributed by atoms with van der Waals surface area (Å²) < 4.78 is 18.8. The molecule has 3 rings (SSSR count). The Morgan fingerprint density at radius 3 is 2.81 bits per heavy atom. The molecule has 1 heterocycles. The minimum absolute atomic E-state index is 0.0916. The topological polar surface area (TPSA) is 74.8 Å². The van der Waals surface area contributed by atoms with Crippen molar-refractivity contribution in [2.24, 2.45) is 4.99 Å². The van der Waals surface area contributed by atoms with E-state index in [2.05, 4.69) is 20.9 Å². The molecule has 3 N–H and O–H groups in total. The highest BCUT2D eigenvalue weighted by atomic mass is 19.1. The van der Waals surface area contributed by atoms with Crippen LogP contribution in [0.1, 0.15) is 46.8 Å². The molecule has 2 aromatic carbocycles. The maximum Gasteiger partial charge on any atom is 0.251 e. The zero-order valence-electron chi connectivity index (χ0n) is 18.9. The van der Waals surface area contributed by atoms with Gasteiger partial charge in [0.1, 0.15) is 5.82 Å². The van der Waals surface area contributed by atoms with Crippen LogP contribution in [0, 0.1) is 12.7 Å². The zero-order valence-corrected chi connectivity index (χ0v) is 18.9. The highest BCUT2D eigenvalue weighted by Gasteiger charge is 2.16. The third-order valence-corrected chi connectivity index (χ3v) is 5.46. The van der Waals surface area contributed by atoms with Crippen molar-refractivity contribution in [3.63, 3.8) is 0 Å². The number of hydrogen-bond donors (Lipinski definition) is 3. The fourth-order valence-electron chi connectivity index (χ4n) is 3.69. The Bertz CT molecular complexity index is 926. The maximum absolute atomic E-state index is 13.3. The van der Waals surface area contributed by atoms with Gasteiger partial charge >= 0.3 is 0 Å². The molecule has 1 aliphatic heterocycles. The Labute approximate surface area is 189 Å². The molecule has 2 aromatic rings. The summed E-state index contributed by atoms with van der Waals surface area (Å²) in [5.74, 6) is 0.406. The lowest BCUT2D eigenvalue weighted by Crippen LogP contribution is -2.38. The number of ether oxygens (including phenoxy) is 1. The molecule has 0 spiro atoms. The normalized spacial score (nSPS) is 16.1. The van der Waals surface area contributed by atoms with E-state index in [1.54, 1.807) is 6.07 Å². The molecule has 1 fully saturated rings. The first-order valence-corrected chi connectivity index (χ1v) is 11.3. The summed E-state index contributed by atoms with van der Waals surface area (Å²) in [6.07, 6.45) is 2.95. The largest absolute Gasteiger partial charge is 0.376 e. The fourth-order valence-corrected chi connectivity index (χ4v) is 3.69. The van der Waals surface area contributed by atoms with Gasteiger partial charge in [0.15, 0.2) is 5.96 Å². The Morgan fingerprint density at radius 1 is 1.19 bits per heavy atom. The first-order valence-electron chi connectivity index (χ1n) is 11.3. The molecule has 0 aromatic heterocycles. The Kier molecular flexibility index (Phi) is 9.04. The minimum Gasteiger partial charge on any atom is -0.376 e. The first kappa shape index (κ1) is 23.7. The van der Waals surface area contributed by atoms with E-state index < -0.39 is 0 Å². The van der Waals surface area contributed by atoms with Crippen molar-refractivity contribution in [2.75, 3.05) is 26.2 Å². The van der Waals surface area contributed by atoms with E-state index in [0.29, 0.717) is 31.2 Å². The van der Waals surface area contributed by atoms with Gasteiger partial charge < -0.3 is 20.7 Å². The Morgan fingerprint density at radius 2 is 2.06 bits per heavy atom. The van der Waals surface area contributed by atoms with E-state index in [1.165, 1.54) is 6.07 Å². The molecule has 1 aliphatic rings. The van der Waals surface area contributed by atoms with Crippen molar-refractivity contribution < 1.29 is 13.9 Å². The van der Waals surface area contributed by atoms with Crippen LogP contribution >= 0.6 is 0 Å². The van der Waals surface area contributed by atoms with Crippen LogP contribution in [0.15, 0.2) is 47.5 Å². The summed E-state index contributed by atoms with van der Waals surface area (Å²) in [6, 6.07) is 12.4. The highest BCUT2D eigenvalue weighted by molar-refractivity contribution is 5.94. The van der Waals surface area contributed by atoms with E-state index in [0.717, 1.165) is 49.1 Å². The van der Waals surface area contributed by atoms with Gasteiger partial charge in [-0.3, -0.25) is 4.79 Å². The molecule has 172 valence electrons. The second-order valence-electron chi connectivity index (χ2n) is 7.99. The van der Waals surface area contributed by atoms with E-state index in [4.69, 9.17) is 4.74 Å². The third-order valence-electron chi connectivity index (χ3n) is 5.46. The maximum atomic E-state index is 13.3. The molecule has 1 amide bonds. The number of nitrogens with zero attached hydrogens (tertiary/aromatic N) is 1. The standard InChI is InChI=1S/C25H33FN4O2/c1-3-27-25(28-12-11-20-9-10-22(26)14-18(20)2)30-16-19-6-4-7-21(15-19)24(31)29-17-23-8-5-13-32-23/h4,6-7,9-10,14-15,23H,3,5,8,11-13,16-17H2,1-2H3,(H,29,31)(H2,27,28,30). The summed E-state index contributed by atoms with van der Waals surface area (Å²) in [6.45, 7) is 7.14. The fraction of sp³-hybridized carbons (Fsp3) is 0.440. The molecule has 7 heteroatoms. The number of rotatable bonds is 9. The summed E-state index contributed by atoms with van der Waals surface area (Å²) in [7, 11) is 0.